The molecule has 7 heteroatoms. The molecule has 0 spiro atoms. The van der Waals surface area contributed by atoms with E-state index in [2.05, 4.69) is 22.2 Å². The average Bonchev–Trinajstić information content (AvgIpc) is 2.73. The molecule has 0 bridgehead atoms. The van der Waals surface area contributed by atoms with Crippen LogP contribution in [0.15, 0.2) is 49.1 Å². The minimum Gasteiger partial charge on any atom is -0.450 e. The summed E-state index contributed by atoms with van der Waals surface area (Å²) in [6.45, 7) is 7.95. The zero-order chi connectivity index (χ0) is 19.8. The number of carbonyl (C=O) groups excluding carboxylic acids is 1. The molecule has 0 aliphatic carbocycles. The predicted octanol–water partition coefficient (Wildman–Crippen LogP) is 3.77. The van der Waals surface area contributed by atoms with Crippen molar-refractivity contribution in [2.24, 2.45) is 0 Å². The van der Waals surface area contributed by atoms with Gasteiger partial charge in [0.05, 0.1) is 6.61 Å². The Morgan fingerprint density at radius 1 is 1.25 bits per heavy atom. The molecule has 1 aliphatic rings. The number of ether oxygens (including phenoxy) is 1. The molecule has 28 heavy (non-hydrogen) atoms. The molecule has 148 valence electrons. The average molecular weight is 381 g/mol. The van der Waals surface area contributed by atoms with Crippen molar-refractivity contribution in [3.05, 3.63) is 49.1 Å². The van der Waals surface area contributed by atoms with Crippen LogP contribution in [0.5, 0.6) is 0 Å². The van der Waals surface area contributed by atoms with Crippen LogP contribution in [0.2, 0.25) is 0 Å². The topological polar surface area (TPSA) is 79.4 Å². The maximum absolute atomic E-state index is 11.9. The fourth-order valence-electron chi connectivity index (χ4n) is 3.14. The summed E-state index contributed by atoms with van der Waals surface area (Å²) in [6.07, 6.45) is 3.26. The lowest BCUT2D eigenvalue weighted by Gasteiger charge is -2.32. The third-order valence-electron chi connectivity index (χ3n) is 4.56. The monoisotopic (exact) mass is 381 g/mol. The summed E-state index contributed by atoms with van der Waals surface area (Å²) in [5.74, 6) is 2.19. The van der Waals surface area contributed by atoms with Gasteiger partial charge < -0.3 is 20.3 Å². The number of aromatic nitrogens is 2. The second-order valence-corrected chi connectivity index (χ2v) is 6.60. The number of benzene rings is 1. The molecular formula is C21H27N5O2. The zero-order valence-corrected chi connectivity index (χ0v) is 16.2. The van der Waals surface area contributed by atoms with Crippen LogP contribution < -0.4 is 10.6 Å². The number of nitrogens with one attached hydrogen (secondary N) is 2. The van der Waals surface area contributed by atoms with E-state index in [0.717, 1.165) is 30.0 Å². The first-order valence-corrected chi connectivity index (χ1v) is 9.67. The number of carbonyl (C=O) groups is 1. The van der Waals surface area contributed by atoms with Crippen LogP contribution in [0.4, 0.5) is 16.4 Å². The lowest BCUT2D eigenvalue weighted by molar-refractivity contribution is 0.0983. The molecule has 0 atom stereocenters. The lowest BCUT2D eigenvalue weighted by Crippen LogP contribution is -2.42. The van der Waals surface area contributed by atoms with E-state index in [1.165, 1.54) is 0 Å². The number of hydrogen-bond donors (Lipinski definition) is 2. The lowest BCUT2D eigenvalue weighted by atomic mass is 10.1. The first-order chi connectivity index (χ1) is 13.7. The van der Waals surface area contributed by atoms with Crippen molar-refractivity contribution < 1.29 is 9.53 Å². The van der Waals surface area contributed by atoms with E-state index >= 15 is 0 Å². The van der Waals surface area contributed by atoms with Gasteiger partial charge in [-0.2, -0.15) is 0 Å². The predicted molar refractivity (Wildman–Crippen MR) is 111 cm³/mol. The molecule has 1 fully saturated rings. The van der Waals surface area contributed by atoms with Crippen molar-refractivity contribution in [2.45, 2.75) is 25.8 Å². The first kappa shape index (κ1) is 19.7. The normalized spacial score (nSPS) is 14.4. The number of anilines is 2. The van der Waals surface area contributed by atoms with Gasteiger partial charge in [-0.25, -0.2) is 14.8 Å². The van der Waals surface area contributed by atoms with Gasteiger partial charge in [-0.15, -0.1) is 6.58 Å². The minimum absolute atomic E-state index is 0.231. The van der Waals surface area contributed by atoms with Crippen molar-refractivity contribution in [3.63, 3.8) is 0 Å². The molecule has 0 unspecified atom stereocenters. The fraction of sp³-hybridized carbons (Fsp3) is 0.381. The molecule has 1 amide bonds. The third-order valence-corrected chi connectivity index (χ3v) is 4.56. The van der Waals surface area contributed by atoms with E-state index in [1.54, 1.807) is 11.0 Å². The summed E-state index contributed by atoms with van der Waals surface area (Å²) < 4.78 is 5.08. The van der Waals surface area contributed by atoms with Crippen molar-refractivity contribution in [2.75, 3.05) is 36.9 Å². The maximum Gasteiger partial charge on any atom is 0.409 e. The molecule has 7 nitrogen and oxygen atoms in total. The maximum atomic E-state index is 11.9. The highest BCUT2D eigenvalue weighted by molar-refractivity contribution is 5.67. The third kappa shape index (κ3) is 5.22. The Labute approximate surface area is 165 Å². The highest BCUT2D eigenvalue weighted by Gasteiger charge is 2.24. The highest BCUT2D eigenvalue weighted by atomic mass is 16.6. The summed E-state index contributed by atoms with van der Waals surface area (Å²) in [5, 5.41) is 6.74. The van der Waals surface area contributed by atoms with Crippen molar-refractivity contribution in [3.8, 4) is 11.4 Å². The van der Waals surface area contributed by atoms with Gasteiger partial charge in [0.1, 0.15) is 11.6 Å². The Balaban J connectivity index is 1.71. The standard InChI is InChI=1S/C21H27N5O2/c1-3-12-22-18-15-19(25-20(24-18)16-8-6-5-7-9-16)23-17-10-13-26(14-11-17)21(27)28-4-2/h3,5-9,15,17H,1,4,10-14H2,2H3,(H2,22,23,24,25). The van der Waals surface area contributed by atoms with Crippen LogP contribution in [0.25, 0.3) is 11.4 Å². The number of amides is 1. The second-order valence-electron chi connectivity index (χ2n) is 6.60. The van der Waals surface area contributed by atoms with Gasteiger partial charge in [0.2, 0.25) is 0 Å². The van der Waals surface area contributed by atoms with E-state index in [-0.39, 0.29) is 12.1 Å². The molecule has 0 saturated carbocycles. The number of hydrogen-bond acceptors (Lipinski definition) is 6. The number of rotatable bonds is 7. The van der Waals surface area contributed by atoms with Gasteiger partial charge in [-0.05, 0) is 19.8 Å². The van der Waals surface area contributed by atoms with Gasteiger partial charge in [-0.3, -0.25) is 0 Å². The number of likely N-dealkylation sites (tertiary alicyclic amines) is 1. The summed E-state index contributed by atoms with van der Waals surface area (Å²) in [6, 6.07) is 12.1. The summed E-state index contributed by atoms with van der Waals surface area (Å²) in [7, 11) is 0. The van der Waals surface area contributed by atoms with Crippen LogP contribution in [0, 0.1) is 0 Å². The van der Waals surface area contributed by atoms with Crippen LogP contribution in [-0.2, 0) is 4.74 Å². The minimum atomic E-state index is -0.231. The van der Waals surface area contributed by atoms with Gasteiger partial charge in [0, 0.05) is 37.3 Å². The first-order valence-electron chi connectivity index (χ1n) is 9.67. The Morgan fingerprint density at radius 2 is 1.96 bits per heavy atom. The van der Waals surface area contributed by atoms with Crippen molar-refractivity contribution in [1.82, 2.24) is 14.9 Å². The summed E-state index contributed by atoms with van der Waals surface area (Å²) >= 11 is 0. The molecule has 2 heterocycles. The van der Waals surface area contributed by atoms with Crippen molar-refractivity contribution >= 4 is 17.7 Å². The molecule has 2 N–H and O–H groups in total. The van der Waals surface area contributed by atoms with Gasteiger partial charge >= 0.3 is 6.09 Å². The van der Waals surface area contributed by atoms with Crippen molar-refractivity contribution in [1.29, 1.82) is 0 Å². The van der Waals surface area contributed by atoms with Crippen LogP contribution >= 0.6 is 0 Å². The van der Waals surface area contributed by atoms with E-state index in [1.807, 2.05) is 43.3 Å². The quantitative estimate of drug-likeness (QED) is 0.711. The van der Waals surface area contributed by atoms with E-state index in [0.29, 0.717) is 32.1 Å². The number of piperidine rings is 1. The zero-order valence-electron chi connectivity index (χ0n) is 16.2. The molecule has 1 saturated heterocycles. The Morgan fingerprint density at radius 3 is 2.64 bits per heavy atom. The van der Waals surface area contributed by atoms with E-state index in [9.17, 15) is 4.79 Å². The molecule has 1 aromatic carbocycles. The molecule has 0 radical (unpaired) electrons. The second kappa shape index (κ2) is 9.73. The van der Waals surface area contributed by atoms with Gasteiger partial charge in [0.15, 0.2) is 5.82 Å². The Bertz CT molecular complexity index is 789. The highest BCUT2D eigenvalue weighted by Crippen LogP contribution is 2.22. The largest absolute Gasteiger partial charge is 0.450 e. The van der Waals surface area contributed by atoms with E-state index < -0.39 is 0 Å². The molecule has 3 rings (SSSR count). The van der Waals surface area contributed by atoms with Crippen LogP contribution in [0.1, 0.15) is 19.8 Å². The Kier molecular flexibility index (Phi) is 6.84. The summed E-state index contributed by atoms with van der Waals surface area (Å²) in [4.78, 5) is 22.9. The molecule has 1 aliphatic heterocycles. The SMILES string of the molecule is C=CCNc1cc(NC2CCN(C(=O)OCC)CC2)nc(-c2ccccc2)n1. The summed E-state index contributed by atoms with van der Waals surface area (Å²) in [5.41, 5.74) is 0.963. The fourth-order valence-corrected chi connectivity index (χ4v) is 3.14. The van der Waals surface area contributed by atoms with Gasteiger partial charge in [-0.1, -0.05) is 36.4 Å². The molecular weight excluding hydrogens is 354 g/mol. The van der Waals surface area contributed by atoms with Crippen LogP contribution in [-0.4, -0.2) is 53.2 Å². The molecule has 2 aromatic rings. The Hall–Kier alpha value is -3.09. The van der Waals surface area contributed by atoms with Crippen LogP contribution in [0.3, 0.4) is 0 Å². The molecule has 1 aromatic heterocycles. The smallest absolute Gasteiger partial charge is 0.409 e. The number of nitrogens with zero attached hydrogens (tertiary/aromatic N) is 3. The van der Waals surface area contributed by atoms with Gasteiger partial charge in [0.25, 0.3) is 0 Å². The van der Waals surface area contributed by atoms with E-state index in [4.69, 9.17) is 9.72 Å².